The summed E-state index contributed by atoms with van der Waals surface area (Å²) in [6, 6.07) is 9.42. The van der Waals surface area contributed by atoms with Gasteiger partial charge in [0, 0.05) is 25.5 Å². The topological polar surface area (TPSA) is 51.0 Å². The summed E-state index contributed by atoms with van der Waals surface area (Å²) in [5, 5.41) is 3.19. The number of para-hydroxylation sites is 1. The minimum Gasteiger partial charge on any atom is -0.337 e. The van der Waals surface area contributed by atoms with Crippen LogP contribution in [0.2, 0.25) is 5.02 Å². The van der Waals surface area contributed by atoms with Gasteiger partial charge >= 0.3 is 0 Å². The van der Waals surface area contributed by atoms with E-state index < -0.39 is 0 Å². The fraction of sp³-hybridized carbons (Fsp3) is 0.167. The van der Waals surface area contributed by atoms with Crippen molar-refractivity contribution in [3.05, 3.63) is 64.3 Å². The van der Waals surface area contributed by atoms with E-state index in [0.29, 0.717) is 21.6 Å². The molecule has 0 saturated heterocycles. The molecule has 0 aliphatic carbocycles. The molecule has 0 aliphatic heterocycles. The van der Waals surface area contributed by atoms with Crippen LogP contribution in [0.3, 0.4) is 0 Å². The van der Waals surface area contributed by atoms with Gasteiger partial charge in [0.25, 0.3) is 5.91 Å². The number of aryl methyl sites for hydroxylation is 1. The van der Waals surface area contributed by atoms with Crippen molar-refractivity contribution in [1.82, 2.24) is 14.5 Å². The van der Waals surface area contributed by atoms with Gasteiger partial charge in [-0.25, -0.2) is 9.97 Å². The number of aromatic nitrogens is 3. The van der Waals surface area contributed by atoms with Crippen molar-refractivity contribution < 1.29 is 4.79 Å². The molecule has 1 aromatic carbocycles. The van der Waals surface area contributed by atoms with Crippen molar-refractivity contribution >= 4 is 55.5 Å². The third-order valence-corrected chi connectivity index (χ3v) is 6.13. The Morgan fingerprint density at radius 2 is 2.19 bits per heavy atom. The molecule has 0 unspecified atom stereocenters. The van der Waals surface area contributed by atoms with E-state index >= 15 is 0 Å². The number of thiophene rings is 1. The van der Waals surface area contributed by atoms with Crippen molar-refractivity contribution in [3.8, 4) is 0 Å². The third-order valence-electron chi connectivity index (χ3n) is 3.92. The van der Waals surface area contributed by atoms with Crippen molar-refractivity contribution in [2.24, 2.45) is 0 Å². The number of thiazole rings is 1. The first-order valence-electron chi connectivity index (χ1n) is 8.08. The molecule has 26 heavy (non-hydrogen) atoms. The number of carbonyl (C=O) groups excluding carboxylic acids is 1. The van der Waals surface area contributed by atoms with E-state index in [4.69, 9.17) is 11.6 Å². The first kappa shape index (κ1) is 17.2. The average Bonchev–Trinajstić information content (AvgIpc) is 3.39. The zero-order chi connectivity index (χ0) is 17.9. The maximum Gasteiger partial charge on any atom is 0.270 e. The summed E-state index contributed by atoms with van der Waals surface area (Å²) in [5.74, 6) is -0.0270. The molecular weight excluding hydrogens is 388 g/mol. The highest BCUT2D eigenvalue weighted by molar-refractivity contribution is 7.22. The fourth-order valence-corrected chi connectivity index (χ4v) is 4.63. The molecular formula is C18H15ClN4OS2. The maximum absolute atomic E-state index is 13.0. The van der Waals surface area contributed by atoms with E-state index in [2.05, 4.69) is 9.97 Å². The first-order valence-corrected chi connectivity index (χ1v) is 10.2. The number of rotatable bonds is 6. The number of halogens is 1. The zero-order valence-corrected chi connectivity index (χ0v) is 16.1. The molecule has 1 amide bonds. The van der Waals surface area contributed by atoms with E-state index in [0.717, 1.165) is 23.2 Å². The standard InChI is InChI=1S/C18H15ClN4OS2/c19-13-4-1-5-14-16(13)21-18(26-14)23(17(24)15-6-2-11-25-15)9-3-8-22-10-7-20-12-22/h1-2,4-7,10-12H,3,8-9H2. The molecule has 5 nitrogen and oxygen atoms in total. The fourth-order valence-electron chi connectivity index (χ4n) is 2.67. The Morgan fingerprint density at radius 3 is 2.92 bits per heavy atom. The number of nitrogens with zero attached hydrogens (tertiary/aromatic N) is 4. The Hall–Kier alpha value is -2.22. The number of carbonyl (C=O) groups is 1. The van der Waals surface area contributed by atoms with E-state index in [1.54, 1.807) is 17.4 Å². The van der Waals surface area contributed by atoms with Crippen LogP contribution in [-0.2, 0) is 6.54 Å². The highest BCUT2D eigenvalue weighted by atomic mass is 35.5. The van der Waals surface area contributed by atoms with Gasteiger partial charge in [-0.05, 0) is 30.0 Å². The molecule has 4 rings (SSSR count). The summed E-state index contributed by atoms with van der Waals surface area (Å²) < 4.78 is 2.98. The molecule has 0 bridgehead atoms. The highest BCUT2D eigenvalue weighted by Gasteiger charge is 2.22. The molecule has 3 aromatic heterocycles. The quantitative estimate of drug-likeness (QED) is 0.458. The monoisotopic (exact) mass is 402 g/mol. The smallest absolute Gasteiger partial charge is 0.270 e. The molecule has 0 saturated carbocycles. The largest absolute Gasteiger partial charge is 0.337 e. The van der Waals surface area contributed by atoms with E-state index in [1.807, 2.05) is 46.5 Å². The number of hydrogen-bond acceptors (Lipinski definition) is 5. The van der Waals surface area contributed by atoms with Crippen LogP contribution in [0.15, 0.2) is 54.4 Å². The van der Waals surface area contributed by atoms with Crippen molar-refractivity contribution in [1.29, 1.82) is 0 Å². The Bertz CT molecular complexity index is 1010. The molecule has 0 N–H and O–H groups in total. The number of imidazole rings is 1. The lowest BCUT2D eigenvalue weighted by Gasteiger charge is -2.19. The molecule has 8 heteroatoms. The second-order valence-corrected chi connectivity index (χ2v) is 8.04. The number of anilines is 1. The van der Waals surface area contributed by atoms with E-state index in [9.17, 15) is 4.79 Å². The predicted molar refractivity (Wildman–Crippen MR) is 107 cm³/mol. The second-order valence-electron chi connectivity index (χ2n) is 5.67. The number of benzene rings is 1. The Labute approximate surface area is 163 Å². The number of fused-ring (bicyclic) bond motifs is 1. The van der Waals surface area contributed by atoms with Gasteiger partial charge in [-0.3, -0.25) is 9.69 Å². The van der Waals surface area contributed by atoms with Crippen molar-refractivity contribution in [2.45, 2.75) is 13.0 Å². The average molecular weight is 403 g/mol. The van der Waals surface area contributed by atoms with Gasteiger partial charge in [-0.1, -0.05) is 35.1 Å². The van der Waals surface area contributed by atoms with Crippen LogP contribution in [0.5, 0.6) is 0 Å². The Kier molecular flexibility index (Phi) is 5.01. The minimum absolute atomic E-state index is 0.0270. The second kappa shape index (κ2) is 7.57. The van der Waals surface area contributed by atoms with Crippen molar-refractivity contribution in [2.75, 3.05) is 11.4 Å². The van der Waals surface area contributed by atoms with Gasteiger partial charge in [0.2, 0.25) is 0 Å². The van der Waals surface area contributed by atoms with Gasteiger partial charge in [-0.15, -0.1) is 11.3 Å². The summed E-state index contributed by atoms with van der Waals surface area (Å²) >= 11 is 9.19. The van der Waals surface area contributed by atoms with Crippen LogP contribution < -0.4 is 4.90 Å². The van der Waals surface area contributed by atoms with Crippen LogP contribution in [0.1, 0.15) is 16.1 Å². The third kappa shape index (κ3) is 3.51. The molecule has 0 atom stereocenters. The first-order chi connectivity index (χ1) is 12.7. The molecule has 0 radical (unpaired) electrons. The predicted octanol–water partition coefficient (Wildman–Crippen LogP) is 4.94. The van der Waals surface area contributed by atoms with Crippen LogP contribution >= 0.6 is 34.3 Å². The van der Waals surface area contributed by atoms with E-state index in [1.165, 1.54) is 22.7 Å². The summed E-state index contributed by atoms with van der Waals surface area (Å²) in [4.78, 5) is 24.2. The number of hydrogen-bond donors (Lipinski definition) is 0. The molecule has 132 valence electrons. The van der Waals surface area contributed by atoms with Gasteiger partial charge in [0.1, 0.15) is 5.52 Å². The normalized spacial score (nSPS) is 11.1. The lowest BCUT2D eigenvalue weighted by molar-refractivity contribution is 0.0990. The molecule has 0 spiro atoms. The van der Waals surface area contributed by atoms with Gasteiger partial charge < -0.3 is 4.57 Å². The number of amides is 1. The van der Waals surface area contributed by atoms with Crippen LogP contribution in [0, 0.1) is 0 Å². The Morgan fingerprint density at radius 1 is 1.27 bits per heavy atom. The summed E-state index contributed by atoms with van der Waals surface area (Å²) in [7, 11) is 0. The summed E-state index contributed by atoms with van der Waals surface area (Å²) in [6.45, 7) is 1.37. The molecule has 0 aliphatic rings. The van der Waals surface area contributed by atoms with E-state index in [-0.39, 0.29) is 5.91 Å². The van der Waals surface area contributed by atoms with Crippen LogP contribution in [-0.4, -0.2) is 27.0 Å². The van der Waals surface area contributed by atoms with Gasteiger partial charge in [0.15, 0.2) is 5.13 Å². The van der Waals surface area contributed by atoms with Crippen LogP contribution in [0.4, 0.5) is 5.13 Å². The summed E-state index contributed by atoms with van der Waals surface area (Å²) in [5.41, 5.74) is 0.743. The molecule has 4 aromatic rings. The maximum atomic E-state index is 13.0. The zero-order valence-electron chi connectivity index (χ0n) is 13.7. The van der Waals surface area contributed by atoms with Crippen LogP contribution in [0.25, 0.3) is 10.2 Å². The lowest BCUT2D eigenvalue weighted by atomic mass is 10.3. The summed E-state index contributed by atoms with van der Waals surface area (Å²) in [6.07, 6.45) is 6.26. The lowest BCUT2D eigenvalue weighted by Crippen LogP contribution is -2.31. The Balaban J connectivity index is 1.62. The van der Waals surface area contributed by atoms with Crippen molar-refractivity contribution in [3.63, 3.8) is 0 Å². The van der Waals surface area contributed by atoms with Gasteiger partial charge in [-0.2, -0.15) is 0 Å². The highest BCUT2D eigenvalue weighted by Crippen LogP contribution is 2.33. The molecule has 0 fully saturated rings. The minimum atomic E-state index is -0.0270. The van der Waals surface area contributed by atoms with Gasteiger partial charge in [0.05, 0.1) is 20.9 Å². The molecule has 3 heterocycles. The SMILES string of the molecule is O=C(c1cccs1)N(CCCn1ccnc1)c1nc2c(Cl)cccc2s1.